The van der Waals surface area contributed by atoms with Crippen LogP contribution >= 0.6 is 23.4 Å². The standard InChI is InChI=1S/C3H3Cl2N3O/c4-2-1-6-7-8(5)3(2)9/h1,6-7H. The first-order valence-corrected chi connectivity index (χ1v) is 2.80. The number of amides is 1. The lowest BCUT2D eigenvalue weighted by atomic mass is 10.5. The van der Waals surface area contributed by atoms with Crippen LogP contribution in [0.25, 0.3) is 0 Å². The van der Waals surface area contributed by atoms with Gasteiger partial charge in [0.2, 0.25) is 0 Å². The number of hydrogen-bond donors (Lipinski definition) is 2. The van der Waals surface area contributed by atoms with Gasteiger partial charge in [-0.05, 0) is 0 Å². The molecule has 0 aromatic heterocycles. The number of carbonyl (C=O) groups is 1. The number of hydrazine groups is 2. The molecule has 0 aromatic rings. The van der Waals surface area contributed by atoms with Crippen molar-refractivity contribution in [2.75, 3.05) is 0 Å². The predicted molar refractivity (Wildman–Crippen MR) is 32.9 cm³/mol. The maximum absolute atomic E-state index is 10.6. The highest BCUT2D eigenvalue weighted by molar-refractivity contribution is 6.44. The van der Waals surface area contributed by atoms with Crippen LogP contribution in [-0.2, 0) is 4.79 Å². The molecule has 0 fully saturated rings. The fourth-order valence-electron chi connectivity index (χ4n) is 0.359. The molecular weight excluding hydrogens is 165 g/mol. The molecule has 4 nitrogen and oxygen atoms in total. The van der Waals surface area contributed by atoms with Crippen LogP contribution in [0.4, 0.5) is 0 Å². The Hall–Kier alpha value is -0.450. The van der Waals surface area contributed by atoms with Crippen molar-refractivity contribution in [1.82, 2.24) is 15.5 Å². The molecule has 0 radical (unpaired) electrons. The van der Waals surface area contributed by atoms with Gasteiger partial charge in [-0.2, -0.15) is 4.53 Å². The molecule has 6 heteroatoms. The molecule has 0 saturated heterocycles. The van der Waals surface area contributed by atoms with Gasteiger partial charge in [0.05, 0.1) is 0 Å². The van der Waals surface area contributed by atoms with E-state index in [2.05, 4.69) is 11.0 Å². The SMILES string of the molecule is O=C1C(Cl)=CNNN1Cl. The Morgan fingerprint density at radius 3 is 2.78 bits per heavy atom. The Morgan fingerprint density at radius 1 is 1.67 bits per heavy atom. The van der Waals surface area contributed by atoms with Gasteiger partial charge in [-0.1, -0.05) is 11.6 Å². The summed E-state index contributed by atoms with van der Waals surface area (Å²) < 4.78 is 0.725. The maximum Gasteiger partial charge on any atom is 0.297 e. The number of rotatable bonds is 0. The topological polar surface area (TPSA) is 44.4 Å². The third-order valence-electron chi connectivity index (χ3n) is 0.744. The van der Waals surface area contributed by atoms with Gasteiger partial charge in [0.15, 0.2) is 0 Å². The number of carbonyl (C=O) groups excluding carboxylic acids is 1. The third kappa shape index (κ3) is 1.27. The molecule has 0 aromatic carbocycles. The zero-order valence-electron chi connectivity index (χ0n) is 4.19. The van der Waals surface area contributed by atoms with E-state index in [1.165, 1.54) is 6.20 Å². The fraction of sp³-hybridized carbons (Fsp3) is 0. The lowest BCUT2D eigenvalue weighted by molar-refractivity contribution is -0.125. The van der Waals surface area contributed by atoms with Gasteiger partial charge in [-0.3, -0.25) is 4.79 Å². The Labute approximate surface area is 61.5 Å². The number of nitrogens with zero attached hydrogens (tertiary/aromatic N) is 1. The van der Waals surface area contributed by atoms with E-state index in [1.54, 1.807) is 0 Å². The zero-order valence-corrected chi connectivity index (χ0v) is 5.70. The van der Waals surface area contributed by atoms with E-state index >= 15 is 0 Å². The van der Waals surface area contributed by atoms with Gasteiger partial charge >= 0.3 is 0 Å². The Kier molecular flexibility index (Phi) is 1.80. The van der Waals surface area contributed by atoms with Crippen LogP contribution in [0.5, 0.6) is 0 Å². The van der Waals surface area contributed by atoms with Crippen molar-refractivity contribution in [3.05, 3.63) is 11.2 Å². The zero-order chi connectivity index (χ0) is 6.85. The molecular formula is C3H3Cl2N3O. The van der Waals surface area contributed by atoms with Gasteiger partial charge in [-0.15, -0.1) is 5.53 Å². The number of nitrogens with one attached hydrogen (secondary N) is 2. The first-order chi connectivity index (χ1) is 4.22. The Balaban J connectivity index is 2.74. The van der Waals surface area contributed by atoms with Crippen LogP contribution in [0.1, 0.15) is 0 Å². The third-order valence-corrected chi connectivity index (χ3v) is 1.25. The highest BCUT2D eigenvalue weighted by Crippen LogP contribution is 2.07. The second kappa shape index (κ2) is 2.43. The lowest BCUT2D eigenvalue weighted by Gasteiger charge is -2.18. The molecule has 1 rings (SSSR count). The van der Waals surface area contributed by atoms with Gasteiger partial charge in [0.25, 0.3) is 5.91 Å². The molecule has 0 saturated carbocycles. The minimum Gasteiger partial charge on any atom is -0.308 e. The van der Waals surface area contributed by atoms with Crippen molar-refractivity contribution in [3.8, 4) is 0 Å². The molecule has 2 N–H and O–H groups in total. The van der Waals surface area contributed by atoms with Gasteiger partial charge in [0.1, 0.15) is 5.03 Å². The summed E-state index contributed by atoms with van der Waals surface area (Å²) in [5, 5.41) is 0.0451. The molecule has 0 atom stereocenters. The van der Waals surface area contributed by atoms with Crippen molar-refractivity contribution in [3.63, 3.8) is 0 Å². The molecule has 0 spiro atoms. The largest absolute Gasteiger partial charge is 0.308 e. The van der Waals surface area contributed by atoms with E-state index < -0.39 is 5.91 Å². The molecule has 9 heavy (non-hydrogen) atoms. The monoisotopic (exact) mass is 167 g/mol. The minimum absolute atomic E-state index is 0.0451. The van der Waals surface area contributed by atoms with E-state index in [1.807, 2.05) is 0 Å². The van der Waals surface area contributed by atoms with Crippen molar-refractivity contribution in [1.29, 1.82) is 0 Å². The summed E-state index contributed by atoms with van der Waals surface area (Å²) in [7, 11) is 0. The summed E-state index contributed by atoms with van der Waals surface area (Å²) in [6, 6.07) is 0. The Bertz CT molecular complexity index is 168. The summed E-state index contributed by atoms with van der Waals surface area (Å²) in [6.45, 7) is 0. The van der Waals surface area contributed by atoms with E-state index in [0.717, 1.165) is 4.53 Å². The average Bonchev–Trinajstić information content (AvgIpc) is 1.83. The van der Waals surface area contributed by atoms with Crippen LogP contribution in [0.3, 0.4) is 0 Å². The summed E-state index contributed by atoms with van der Waals surface area (Å²) in [6.07, 6.45) is 1.31. The first kappa shape index (κ1) is 6.67. The van der Waals surface area contributed by atoms with Crippen molar-refractivity contribution in [2.45, 2.75) is 0 Å². The summed E-state index contributed by atoms with van der Waals surface area (Å²) >= 11 is 10.6. The highest BCUT2D eigenvalue weighted by Gasteiger charge is 2.17. The van der Waals surface area contributed by atoms with Crippen molar-refractivity contribution >= 4 is 29.3 Å². The highest BCUT2D eigenvalue weighted by atomic mass is 35.5. The van der Waals surface area contributed by atoms with Gasteiger partial charge < -0.3 is 5.43 Å². The molecule has 50 valence electrons. The molecule has 0 aliphatic carbocycles. The van der Waals surface area contributed by atoms with Crippen LogP contribution in [0, 0.1) is 0 Å². The lowest BCUT2D eigenvalue weighted by Crippen LogP contribution is -2.46. The van der Waals surface area contributed by atoms with E-state index in [0.29, 0.717) is 0 Å². The van der Waals surface area contributed by atoms with Crippen LogP contribution < -0.4 is 11.0 Å². The van der Waals surface area contributed by atoms with Crippen molar-refractivity contribution < 1.29 is 4.79 Å². The predicted octanol–water partition coefficient (Wildman–Crippen LogP) is 0.0718. The van der Waals surface area contributed by atoms with Gasteiger partial charge in [-0.25, -0.2) is 0 Å². The van der Waals surface area contributed by atoms with E-state index in [4.69, 9.17) is 23.4 Å². The van der Waals surface area contributed by atoms with E-state index in [9.17, 15) is 4.79 Å². The number of halogens is 2. The molecule has 1 amide bonds. The molecule has 1 aliphatic rings. The maximum atomic E-state index is 10.6. The van der Waals surface area contributed by atoms with Crippen LogP contribution in [0.15, 0.2) is 11.2 Å². The van der Waals surface area contributed by atoms with Crippen molar-refractivity contribution in [2.24, 2.45) is 0 Å². The second-order valence-corrected chi connectivity index (χ2v) is 2.08. The van der Waals surface area contributed by atoms with Crippen LogP contribution in [0.2, 0.25) is 0 Å². The normalized spacial score (nSPS) is 19.1. The minimum atomic E-state index is -0.475. The molecule has 0 unspecified atom stereocenters. The smallest absolute Gasteiger partial charge is 0.297 e. The van der Waals surface area contributed by atoms with Crippen LogP contribution in [-0.4, -0.2) is 10.4 Å². The summed E-state index contributed by atoms with van der Waals surface area (Å²) in [4.78, 5) is 10.6. The molecule has 1 heterocycles. The second-order valence-electron chi connectivity index (χ2n) is 1.33. The molecule has 0 bridgehead atoms. The summed E-state index contributed by atoms with van der Waals surface area (Å²) in [5.41, 5.74) is 4.74. The number of hydrogen-bond acceptors (Lipinski definition) is 3. The Morgan fingerprint density at radius 2 is 2.33 bits per heavy atom. The fourth-order valence-corrected chi connectivity index (χ4v) is 0.681. The van der Waals surface area contributed by atoms with Gasteiger partial charge in [0, 0.05) is 18.0 Å². The van der Waals surface area contributed by atoms with E-state index in [-0.39, 0.29) is 5.03 Å². The first-order valence-electron chi connectivity index (χ1n) is 2.09. The molecule has 1 aliphatic heterocycles. The quantitative estimate of drug-likeness (QED) is 0.503. The summed E-state index contributed by atoms with van der Waals surface area (Å²) in [5.74, 6) is -0.475. The average molecular weight is 168 g/mol.